The monoisotopic (exact) mass is 323 g/mol. The van der Waals surface area contributed by atoms with Gasteiger partial charge in [0, 0.05) is 16.9 Å². The summed E-state index contributed by atoms with van der Waals surface area (Å²) in [6, 6.07) is 10.5. The van der Waals surface area contributed by atoms with Gasteiger partial charge >= 0.3 is 0 Å². The van der Waals surface area contributed by atoms with E-state index in [2.05, 4.69) is 28.5 Å². The van der Waals surface area contributed by atoms with Gasteiger partial charge in [-0.05, 0) is 67.0 Å². The molecule has 1 aromatic heterocycles. The smallest absolute Gasteiger partial charge is 0.101 e. The summed E-state index contributed by atoms with van der Waals surface area (Å²) >= 11 is 6.21. The van der Waals surface area contributed by atoms with E-state index in [1.165, 1.54) is 30.5 Å². The molecular weight excluding hydrogens is 306 g/mol. The van der Waals surface area contributed by atoms with E-state index in [4.69, 9.17) is 16.9 Å². The Kier molecular flexibility index (Phi) is 3.50. The van der Waals surface area contributed by atoms with Gasteiger partial charge in [0.05, 0.1) is 17.3 Å². The second-order valence-electron chi connectivity index (χ2n) is 6.59. The molecule has 1 aliphatic heterocycles. The number of hydrogen-bond acceptors (Lipinski definition) is 3. The summed E-state index contributed by atoms with van der Waals surface area (Å²) in [5.74, 6) is 1.09. The number of nitriles is 1. The van der Waals surface area contributed by atoms with Crippen LogP contribution >= 0.6 is 11.6 Å². The molecular formula is C19H18ClN3. The van der Waals surface area contributed by atoms with Crippen LogP contribution in [0.25, 0.3) is 0 Å². The van der Waals surface area contributed by atoms with Crippen LogP contribution in [0.2, 0.25) is 5.02 Å². The molecule has 1 aromatic carbocycles. The first-order valence-electron chi connectivity index (χ1n) is 8.10. The quantitative estimate of drug-likeness (QED) is 0.806. The highest BCUT2D eigenvalue weighted by molar-refractivity contribution is 6.30. The summed E-state index contributed by atoms with van der Waals surface area (Å²) in [7, 11) is 0. The van der Waals surface area contributed by atoms with E-state index >= 15 is 0 Å². The molecule has 4 heteroatoms. The molecule has 1 N–H and O–H groups in total. The summed E-state index contributed by atoms with van der Waals surface area (Å²) in [5.41, 5.74) is 5.30. The predicted octanol–water partition coefficient (Wildman–Crippen LogP) is 4.97. The number of rotatable bonds is 1. The molecule has 0 saturated heterocycles. The van der Waals surface area contributed by atoms with Crippen molar-refractivity contribution in [3.63, 3.8) is 0 Å². The van der Waals surface area contributed by atoms with Gasteiger partial charge in [0.25, 0.3) is 0 Å². The average molecular weight is 324 g/mol. The van der Waals surface area contributed by atoms with E-state index in [1.54, 1.807) is 6.20 Å². The summed E-state index contributed by atoms with van der Waals surface area (Å²) in [6.45, 7) is 2.05. The van der Waals surface area contributed by atoms with Crippen LogP contribution in [0.4, 0.5) is 5.69 Å². The molecule has 1 fully saturated rings. The van der Waals surface area contributed by atoms with Gasteiger partial charge in [0.1, 0.15) is 6.07 Å². The third-order valence-electron chi connectivity index (χ3n) is 5.26. The van der Waals surface area contributed by atoms with Crippen LogP contribution in [0.3, 0.4) is 0 Å². The van der Waals surface area contributed by atoms with E-state index in [0.29, 0.717) is 17.4 Å². The Morgan fingerprint density at radius 2 is 2.17 bits per heavy atom. The number of fused-ring (bicyclic) bond motifs is 3. The van der Waals surface area contributed by atoms with Crippen LogP contribution in [0.1, 0.15) is 53.6 Å². The van der Waals surface area contributed by atoms with Gasteiger partial charge in [0.15, 0.2) is 0 Å². The molecule has 1 aliphatic carbocycles. The van der Waals surface area contributed by atoms with Crippen LogP contribution in [0, 0.1) is 24.2 Å². The fraction of sp³-hybridized carbons (Fsp3) is 0.368. The zero-order chi connectivity index (χ0) is 16.0. The normalized spacial score (nSPS) is 25.2. The third kappa shape index (κ3) is 2.38. The Balaban J connectivity index is 1.79. The SMILES string of the molecule is Cc1cc(C#N)cnc1[C@@H]1Nc2ccc(Cl)cc2[C@@H]2CCC[C@@H]21. The number of benzene rings is 1. The lowest BCUT2D eigenvalue weighted by Crippen LogP contribution is -2.30. The standard InChI is InChI=1S/C19H18ClN3/c1-11-7-12(9-21)10-22-18(11)19-15-4-2-3-14(15)16-8-13(20)5-6-17(16)23-19/h5-8,10,14-15,19,23H,2-4H2,1H3/t14-,15+,19-/m1/s1. The summed E-state index contributed by atoms with van der Waals surface area (Å²) in [4.78, 5) is 4.61. The first-order chi connectivity index (χ1) is 11.2. The molecule has 2 heterocycles. The van der Waals surface area contributed by atoms with Crippen LogP contribution in [-0.2, 0) is 0 Å². The van der Waals surface area contributed by atoms with Gasteiger partial charge in [0.2, 0.25) is 0 Å². The number of aromatic nitrogens is 1. The molecule has 1 saturated carbocycles. The van der Waals surface area contributed by atoms with Crippen LogP contribution in [-0.4, -0.2) is 4.98 Å². The maximum atomic E-state index is 9.05. The zero-order valence-corrected chi connectivity index (χ0v) is 13.8. The van der Waals surface area contributed by atoms with Gasteiger partial charge in [-0.2, -0.15) is 5.26 Å². The molecule has 0 unspecified atom stereocenters. The van der Waals surface area contributed by atoms with Crippen molar-refractivity contribution in [2.24, 2.45) is 5.92 Å². The lowest BCUT2D eigenvalue weighted by molar-refractivity contribution is 0.399. The van der Waals surface area contributed by atoms with Crippen molar-refractivity contribution in [3.05, 3.63) is 57.9 Å². The molecule has 0 spiro atoms. The summed E-state index contributed by atoms with van der Waals surface area (Å²) in [6.07, 6.45) is 5.35. The number of halogens is 1. The predicted molar refractivity (Wildman–Crippen MR) is 91.6 cm³/mol. The van der Waals surface area contributed by atoms with Crippen molar-refractivity contribution < 1.29 is 0 Å². The fourth-order valence-corrected chi connectivity index (χ4v) is 4.44. The Hall–Kier alpha value is -2.05. The molecule has 0 bridgehead atoms. The van der Waals surface area contributed by atoms with Crippen molar-refractivity contribution in [1.82, 2.24) is 4.98 Å². The second kappa shape index (κ2) is 5.54. The summed E-state index contributed by atoms with van der Waals surface area (Å²) < 4.78 is 0. The molecule has 116 valence electrons. The number of nitrogens with zero attached hydrogens (tertiary/aromatic N) is 2. The lowest BCUT2D eigenvalue weighted by atomic mass is 9.78. The molecule has 23 heavy (non-hydrogen) atoms. The zero-order valence-electron chi connectivity index (χ0n) is 13.0. The van der Waals surface area contributed by atoms with E-state index in [0.717, 1.165) is 16.3 Å². The van der Waals surface area contributed by atoms with Crippen molar-refractivity contribution >= 4 is 17.3 Å². The largest absolute Gasteiger partial charge is 0.376 e. The lowest BCUT2D eigenvalue weighted by Gasteiger charge is -2.37. The van der Waals surface area contributed by atoms with Crippen LogP contribution in [0.15, 0.2) is 30.5 Å². The Morgan fingerprint density at radius 1 is 1.30 bits per heavy atom. The van der Waals surface area contributed by atoms with Crippen molar-refractivity contribution in [3.8, 4) is 6.07 Å². The highest BCUT2D eigenvalue weighted by Crippen LogP contribution is 2.53. The van der Waals surface area contributed by atoms with Crippen molar-refractivity contribution in [2.75, 3.05) is 5.32 Å². The molecule has 3 atom stereocenters. The number of aryl methyl sites for hydroxylation is 1. The van der Waals surface area contributed by atoms with Gasteiger partial charge in [-0.1, -0.05) is 18.0 Å². The van der Waals surface area contributed by atoms with Gasteiger partial charge in [-0.3, -0.25) is 4.98 Å². The maximum Gasteiger partial charge on any atom is 0.101 e. The van der Waals surface area contributed by atoms with Crippen LogP contribution < -0.4 is 5.32 Å². The van der Waals surface area contributed by atoms with Crippen LogP contribution in [0.5, 0.6) is 0 Å². The molecule has 2 aliphatic rings. The van der Waals surface area contributed by atoms with Gasteiger partial charge in [-0.15, -0.1) is 0 Å². The number of nitrogens with one attached hydrogen (secondary N) is 1. The van der Waals surface area contributed by atoms with E-state index < -0.39 is 0 Å². The fourth-order valence-electron chi connectivity index (χ4n) is 4.26. The van der Waals surface area contributed by atoms with Gasteiger partial charge in [-0.25, -0.2) is 0 Å². The number of hydrogen-bond donors (Lipinski definition) is 1. The minimum Gasteiger partial charge on any atom is -0.376 e. The molecule has 2 aromatic rings. The summed E-state index contributed by atoms with van der Waals surface area (Å²) in [5, 5.41) is 13.5. The second-order valence-corrected chi connectivity index (χ2v) is 7.03. The number of anilines is 1. The number of pyridine rings is 1. The maximum absolute atomic E-state index is 9.05. The molecule has 0 radical (unpaired) electrons. The third-order valence-corrected chi connectivity index (χ3v) is 5.50. The first kappa shape index (κ1) is 14.5. The van der Waals surface area contributed by atoms with Crippen molar-refractivity contribution in [1.29, 1.82) is 5.26 Å². The molecule has 4 rings (SSSR count). The highest BCUT2D eigenvalue weighted by atomic mass is 35.5. The average Bonchev–Trinajstić information content (AvgIpc) is 3.04. The van der Waals surface area contributed by atoms with Gasteiger partial charge < -0.3 is 5.32 Å². The Labute approximate surface area is 141 Å². The Bertz CT molecular complexity index is 809. The van der Waals surface area contributed by atoms with E-state index in [9.17, 15) is 0 Å². The molecule has 3 nitrogen and oxygen atoms in total. The minimum atomic E-state index is 0.212. The Morgan fingerprint density at radius 3 is 2.96 bits per heavy atom. The topological polar surface area (TPSA) is 48.7 Å². The van der Waals surface area contributed by atoms with E-state index in [-0.39, 0.29) is 6.04 Å². The molecule has 0 amide bonds. The van der Waals surface area contributed by atoms with E-state index in [1.807, 2.05) is 19.1 Å². The van der Waals surface area contributed by atoms with Crippen molar-refractivity contribution in [2.45, 2.75) is 38.1 Å². The first-order valence-corrected chi connectivity index (χ1v) is 8.48. The highest BCUT2D eigenvalue weighted by Gasteiger charge is 2.41. The minimum absolute atomic E-state index is 0.212.